The second-order valence-corrected chi connectivity index (χ2v) is 15.4. The van der Waals surface area contributed by atoms with E-state index >= 15 is 0 Å². The molecule has 0 N–H and O–H groups in total. The van der Waals surface area contributed by atoms with Crippen molar-refractivity contribution in [1.82, 2.24) is 19.9 Å². The molecule has 0 amide bonds. The van der Waals surface area contributed by atoms with Crippen molar-refractivity contribution in [3.05, 3.63) is 206 Å². The van der Waals surface area contributed by atoms with E-state index in [4.69, 9.17) is 24.4 Å². The molecule has 5 nitrogen and oxygen atoms in total. The number of pyridine rings is 1. The third-order valence-electron chi connectivity index (χ3n) is 11.7. The van der Waals surface area contributed by atoms with Crippen LogP contribution in [0, 0.1) is 0 Å². The first-order valence-electron chi connectivity index (χ1n) is 20.5. The van der Waals surface area contributed by atoms with Crippen LogP contribution in [-0.4, -0.2) is 19.9 Å². The van der Waals surface area contributed by atoms with Crippen LogP contribution in [-0.2, 0) is 0 Å². The lowest BCUT2D eigenvalue weighted by molar-refractivity contribution is 0.669. The standard InChI is InChI=1S/C56H34N4O/c1-3-13-35(14-4-1)37-23-26-38(27-24-37)50-51-44-19-9-11-21-47(44)57-53(46(51)34-49-52(50)45-20-10-12-22-48(45)61-49)39-28-30-41(31-29-39)55-58-54(40-16-5-2-6-17-40)59-56(60-55)43-32-25-36-15-7-8-18-42(36)33-43/h1-34H. The lowest BCUT2D eigenvalue weighted by atomic mass is 9.89. The third-order valence-corrected chi connectivity index (χ3v) is 11.7. The zero-order chi connectivity index (χ0) is 40.3. The van der Waals surface area contributed by atoms with Crippen molar-refractivity contribution in [1.29, 1.82) is 0 Å². The zero-order valence-electron chi connectivity index (χ0n) is 32.8. The summed E-state index contributed by atoms with van der Waals surface area (Å²) in [6, 6.07) is 71.6. The van der Waals surface area contributed by atoms with Crippen molar-refractivity contribution in [2.75, 3.05) is 0 Å². The summed E-state index contributed by atoms with van der Waals surface area (Å²) < 4.78 is 6.66. The second kappa shape index (κ2) is 14.2. The molecule has 5 heteroatoms. The Morgan fingerprint density at radius 3 is 1.57 bits per heavy atom. The fraction of sp³-hybridized carbons (Fsp3) is 0. The molecule has 0 aliphatic rings. The average Bonchev–Trinajstić information content (AvgIpc) is 3.71. The summed E-state index contributed by atoms with van der Waals surface area (Å²) in [5.41, 5.74) is 11.8. The number of para-hydroxylation sites is 2. The number of nitrogens with zero attached hydrogens (tertiary/aromatic N) is 4. The summed E-state index contributed by atoms with van der Waals surface area (Å²) in [5, 5.41) is 7.74. The van der Waals surface area contributed by atoms with Gasteiger partial charge in [-0.25, -0.2) is 19.9 Å². The van der Waals surface area contributed by atoms with Crippen LogP contribution in [0.4, 0.5) is 0 Å². The number of fused-ring (bicyclic) bond motifs is 7. The fourth-order valence-electron chi connectivity index (χ4n) is 8.74. The normalized spacial score (nSPS) is 11.6. The van der Waals surface area contributed by atoms with E-state index in [9.17, 15) is 0 Å². The maximum atomic E-state index is 6.66. The maximum Gasteiger partial charge on any atom is 0.164 e. The van der Waals surface area contributed by atoms with Crippen molar-refractivity contribution >= 4 is 54.4 Å². The maximum absolute atomic E-state index is 6.66. The summed E-state index contributed by atoms with van der Waals surface area (Å²) in [6.07, 6.45) is 0. The molecule has 0 spiro atoms. The minimum Gasteiger partial charge on any atom is -0.456 e. The monoisotopic (exact) mass is 778 g/mol. The quantitative estimate of drug-likeness (QED) is 0.157. The second-order valence-electron chi connectivity index (χ2n) is 15.4. The van der Waals surface area contributed by atoms with Gasteiger partial charge < -0.3 is 4.42 Å². The van der Waals surface area contributed by atoms with Crippen LogP contribution in [0.25, 0.3) is 122 Å². The Balaban J connectivity index is 1.05. The summed E-state index contributed by atoms with van der Waals surface area (Å²) >= 11 is 0. The first kappa shape index (κ1) is 34.7. The molecule has 3 aromatic heterocycles. The van der Waals surface area contributed by atoms with Gasteiger partial charge in [-0.3, -0.25) is 0 Å². The fourth-order valence-corrected chi connectivity index (χ4v) is 8.74. The highest BCUT2D eigenvalue weighted by molar-refractivity contribution is 6.27. The molecule has 12 aromatic rings. The molecule has 12 rings (SSSR count). The van der Waals surface area contributed by atoms with Gasteiger partial charge in [0.25, 0.3) is 0 Å². The van der Waals surface area contributed by atoms with Gasteiger partial charge >= 0.3 is 0 Å². The first-order chi connectivity index (χ1) is 30.2. The molecule has 0 fully saturated rings. The van der Waals surface area contributed by atoms with E-state index in [1.165, 1.54) is 16.5 Å². The topological polar surface area (TPSA) is 64.7 Å². The SMILES string of the molecule is c1ccc(-c2ccc(-c3c4c(cc5c(-c6ccc(-c7nc(-c8ccccc8)nc(-c8ccc9ccccc9c8)n7)cc6)nc6ccccc6c35)oc3ccccc34)cc2)cc1. The Kier molecular flexibility index (Phi) is 8.10. The highest BCUT2D eigenvalue weighted by Crippen LogP contribution is 2.46. The van der Waals surface area contributed by atoms with Gasteiger partial charge in [0.1, 0.15) is 11.2 Å². The first-order valence-corrected chi connectivity index (χ1v) is 20.5. The minimum absolute atomic E-state index is 0.602. The number of hydrogen-bond donors (Lipinski definition) is 0. The number of rotatable bonds is 6. The summed E-state index contributed by atoms with van der Waals surface area (Å²) in [6.45, 7) is 0. The Bertz CT molecular complexity index is 3620. The van der Waals surface area contributed by atoms with Crippen LogP contribution in [0.2, 0.25) is 0 Å². The van der Waals surface area contributed by atoms with Gasteiger partial charge in [-0.1, -0.05) is 182 Å². The van der Waals surface area contributed by atoms with Gasteiger partial charge in [-0.2, -0.15) is 0 Å². The van der Waals surface area contributed by atoms with Gasteiger partial charge in [0.05, 0.1) is 11.2 Å². The van der Waals surface area contributed by atoms with E-state index in [1.807, 2.05) is 42.5 Å². The summed E-state index contributed by atoms with van der Waals surface area (Å²) in [5.74, 6) is 1.85. The molecule has 3 heterocycles. The number of benzene rings is 9. The summed E-state index contributed by atoms with van der Waals surface area (Å²) in [7, 11) is 0. The average molecular weight is 779 g/mol. The predicted molar refractivity (Wildman–Crippen MR) is 250 cm³/mol. The molecule has 284 valence electrons. The third kappa shape index (κ3) is 6.02. The molecule has 0 bridgehead atoms. The van der Waals surface area contributed by atoms with Gasteiger partial charge in [-0.15, -0.1) is 0 Å². The van der Waals surface area contributed by atoms with Crippen LogP contribution in [0.3, 0.4) is 0 Å². The van der Waals surface area contributed by atoms with E-state index in [-0.39, 0.29) is 0 Å². The van der Waals surface area contributed by atoms with Gasteiger partial charge in [0.15, 0.2) is 17.5 Å². The lowest BCUT2D eigenvalue weighted by Gasteiger charge is -2.16. The number of hydrogen-bond acceptors (Lipinski definition) is 5. The largest absolute Gasteiger partial charge is 0.456 e. The van der Waals surface area contributed by atoms with Crippen molar-refractivity contribution in [3.8, 4) is 67.7 Å². The summed E-state index contributed by atoms with van der Waals surface area (Å²) in [4.78, 5) is 20.5. The van der Waals surface area contributed by atoms with Crippen molar-refractivity contribution in [2.45, 2.75) is 0 Å². The lowest BCUT2D eigenvalue weighted by Crippen LogP contribution is -2.00. The van der Waals surface area contributed by atoms with Crippen LogP contribution >= 0.6 is 0 Å². The number of aromatic nitrogens is 4. The van der Waals surface area contributed by atoms with Gasteiger partial charge in [0, 0.05) is 54.7 Å². The van der Waals surface area contributed by atoms with Crippen LogP contribution < -0.4 is 0 Å². The molecule has 0 saturated carbocycles. The molecule has 0 radical (unpaired) electrons. The molecule has 0 unspecified atom stereocenters. The molecule has 0 aliphatic heterocycles. The number of furan rings is 1. The van der Waals surface area contributed by atoms with Gasteiger partial charge in [-0.05, 0) is 51.7 Å². The molecule has 0 saturated heterocycles. The van der Waals surface area contributed by atoms with Crippen LogP contribution in [0.15, 0.2) is 211 Å². The van der Waals surface area contributed by atoms with Crippen molar-refractivity contribution in [2.24, 2.45) is 0 Å². The van der Waals surface area contributed by atoms with E-state index in [2.05, 4.69) is 164 Å². The van der Waals surface area contributed by atoms with Crippen LogP contribution in [0.5, 0.6) is 0 Å². The Morgan fingerprint density at radius 2 is 0.820 bits per heavy atom. The van der Waals surface area contributed by atoms with E-state index < -0.39 is 0 Å². The molecular weight excluding hydrogens is 745 g/mol. The molecule has 9 aromatic carbocycles. The van der Waals surface area contributed by atoms with E-state index in [0.717, 1.165) is 88.1 Å². The van der Waals surface area contributed by atoms with Crippen LogP contribution in [0.1, 0.15) is 0 Å². The van der Waals surface area contributed by atoms with E-state index in [0.29, 0.717) is 17.5 Å². The Hall–Kier alpha value is -8.28. The van der Waals surface area contributed by atoms with Crippen molar-refractivity contribution < 1.29 is 4.42 Å². The molecule has 0 atom stereocenters. The highest BCUT2D eigenvalue weighted by Gasteiger charge is 2.22. The predicted octanol–water partition coefficient (Wildman–Crippen LogP) is 14.6. The van der Waals surface area contributed by atoms with Gasteiger partial charge in [0.2, 0.25) is 0 Å². The molecular formula is C56H34N4O. The van der Waals surface area contributed by atoms with Crippen molar-refractivity contribution in [3.63, 3.8) is 0 Å². The minimum atomic E-state index is 0.602. The smallest absolute Gasteiger partial charge is 0.164 e. The Morgan fingerprint density at radius 1 is 0.295 bits per heavy atom. The zero-order valence-corrected chi connectivity index (χ0v) is 32.8. The highest BCUT2D eigenvalue weighted by atomic mass is 16.3. The Labute approximate surface area is 351 Å². The molecule has 61 heavy (non-hydrogen) atoms. The van der Waals surface area contributed by atoms with E-state index in [1.54, 1.807) is 0 Å². The molecule has 0 aliphatic carbocycles.